The molecule has 0 amide bonds. The van der Waals surface area contributed by atoms with Crippen LogP contribution in [0.3, 0.4) is 0 Å². The van der Waals surface area contributed by atoms with Gasteiger partial charge in [-0.1, -0.05) is 20.8 Å². The van der Waals surface area contributed by atoms with E-state index in [1.807, 2.05) is 13.8 Å². The predicted molar refractivity (Wildman–Crippen MR) is 40.2 cm³/mol. The van der Waals surface area contributed by atoms with E-state index >= 15 is 0 Å². The largest absolute Gasteiger partial charge is 0.309 e. The topological polar surface area (TPSA) is 3.24 Å². The van der Waals surface area contributed by atoms with Gasteiger partial charge in [0.1, 0.15) is 0 Å². The van der Waals surface area contributed by atoms with Crippen LogP contribution in [0.1, 0.15) is 27.2 Å². The quantitative estimate of drug-likeness (QED) is 0.667. The molecule has 0 aliphatic rings. The van der Waals surface area contributed by atoms with Crippen molar-refractivity contribution in [2.45, 2.75) is 27.2 Å². The zero-order valence-electron chi connectivity index (χ0n) is 7.44. The molecule has 0 aromatic rings. The van der Waals surface area contributed by atoms with E-state index in [1.165, 1.54) is 13.0 Å². The molecule has 1 radical (unpaired) electrons. The average Bonchev–Trinajstić information content (AvgIpc) is 1.72. The van der Waals surface area contributed by atoms with Crippen molar-refractivity contribution in [1.29, 1.82) is 0 Å². The monoisotopic (exact) mass is 206 g/mol. The van der Waals surface area contributed by atoms with Crippen molar-refractivity contribution >= 4 is 0 Å². The Kier molecular flexibility index (Phi) is 29.5. The Morgan fingerprint density at radius 2 is 1.44 bits per heavy atom. The molecule has 0 aliphatic heterocycles. The molecule has 0 bridgehead atoms. The van der Waals surface area contributed by atoms with E-state index in [1.54, 1.807) is 0 Å². The molecule has 0 N–H and O–H groups in total. The van der Waals surface area contributed by atoms with Crippen molar-refractivity contribution in [3.63, 3.8) is 0 Å². The van der Waals surface area contributed by atoms with Crippen LogP contribution in [0.25, 0.3) is 0 Å². The Morgan fingerprint density at radius 3 is 1.44 bits per heavy atom. The first kappa shape index (κ1) is 16.6. The zero-order chi connectivity index (χ0) is 6.99. The predicted octanol–water partition coefficient (Wildman–Crippen LogP) is 1.98. The zero-order valence-corrected chi connectivity index (χ0v) is 10.3. The van der Waals surface area contributed by atoms with Crippen molar-refractivity contribution in [2.24, 2.45) is 0 Å². The average molecular weight is 206 g/mol. The maximum absolute atomic E-state index is 2.18. The molecule has 0 heterocycles. The van der Waals surface area contributed by atoms with E-state index in [4.69, 9.17) is 0 Å². The summed E-state index contributed by atoms with van der Waals surface area (Å²) in [6.07, 6.45) is 1.26. The Bertz CT molecular complexity index is 30.1. The molecule has 0 saturated heterocycles. The summed E-state index contributed by atoms with van der Waals surface area (Å²) in [6.45, 7) is 7.39. The Morgan fingerprint density at radius 1 is 1.11 bits per heavy atom. The molecule has 1 nitrogen and oxygen atoms in total. The summed E-state index contributed by atoms with van der Waals surface area (Å²) in [5.41, 5.74) is 0. The third kappa shape index (κ3) is 27.4. The van der Waals surface area contributed by atoms with Crippen molar-refractivity contribution in [2.75, 3.05) is 20.6 Å². The molecule has 0 aromatic heterocycles. The minimum absolute atomic E-state index is 0. The molecule has 9 heavy (non-hydrogen) atoms. The molecular formula is C7H19NY. The molecule has 0 aromatic carbocycles. The smallest absolute Gasteiger partial charge is 0 e. The third-order valence-electron chi connectivity index (χ3n) is 0.671. The molecule has 55 valence electrons. The van der Waals surface area contributed by atoms with Gasteiger partial charge in [0.15, 0.2) is 0 Å². The van der Waals surface area contributed by atoms with Crippen LogP contribution in [0.15, 0.2) is 0 Å². The summed E-state index contributed by atoms with van der Waals surface area (Å²) >= 11 is 0. The Balaban J connectivity index is -0.000000109. The van der Waals surface area contributed by atoms with E-state index in [9.17, 15) is 0 Å². The SMILES string of the molecule is CC.CCCN(C)C.[Y]. The van der Waals surface area contributed by atoms with Crippen LogP contribution in [0.4, 0.5) is 0 Å². The second-order valence-electron chi connectivity index (χ2n) is 1.80. The van der Waals surface area contributed by atoms with Crippen LogP contribution < -0.4 is 0 Å². The van der Waals surface area contributed by atoms with Gasteiger partial charge in [-0.3, -0.25) is 0 Å². The van der Waals surface area contributed by atoms with Crippen LogP contribution in [0.2, 0.25) is 0 Å². The van der Waals surface area contributed by atoms with Crippen molar-refractivity contribution in [1.82, 2.24) is 4.90 Å². The molecule has 0 aliphatic carbocycles. The van der Waals surface area contributed by atoms with E-state index in [0.717, 1.165) is 0 Å². The van der Waals surface area contributed by atoms with Gasteiger partial charge in [0.2, 0.25) is 0 Å². The van der Waals surface area contributed by atoms with Gasteiger partial charge >= 0.3 is 0 Å². The van der Waals surface area contributed by atoms with E-state index < -0.39 is 0 Å². The van der Waals surface area contributed by atoms with Gasteiger partial charge in [-0.15, -0.1) is 0 Å². The number of hydrogen-bond acceptors (Lipinski definition) is 1. The second kappa shape index (κ2) is 16.0. The summed E-state index contributed by atoms with van der Waals surface area (Å²) in [5.74, 6) is 0. The Labute approximate surface area is 85.1 Å². The fraction of sp³-hybridized carbons (Fsp3) is 1.00. The van der Waals surface area contributed by atoms with Gasteiger partial charge in [0.05, 0.1) is 0 Å². The van der Waals surface area contributed by atoms with Gasteiger partial charge < -0.3 is 4.90 Å². The van der Waals surface area contributed by atoms with Crippen molar-refractivity contribution in [3.05, 3.63) is 0 Å². The van der Waals surface area contributed by atoms with Crippen molar-refractivity contribution in [3.8, 4) is 0 Å². The standard InChI is InChI=1S/C5H13N.C2H6.Y/c1-4-5-6(2)3;1-2;/h4-5H2,1-3H3;1-2H3;. The summed E-state index contributed by atoms with van der Waals surface area (Å²) in [7, 11) is 4.17. The van der Waals surface area contributed by atoms with Gasteiger partial charge in [0, 0.05) is 32.7 Å². The number of rotatable bonds is 2. The number of hydrogen-bond donors (Lipinski definition) is 0. The van der Waals surface area contributed by atoms with Crippen LogP contribution in [0, 0.1) is 0 Å². The second-order valence-corrected chi connectivity index (χ2v) is 1.80. The number of nitrogens with zero attached hydrogens (tertiary/aromatic N) is 1. The molecule has 0 spiro atoms. The first-order valence-corrected chi connectivity index (χ1v) is 3.42. The molecule has 2 heteroatoms. The first-order valence-electron chi connectivity index (χ1n) is 3.42. The fourth-order valence-corrected chi connectivity index (χ4v) is 0.447. The molecule has 0 fully saturated rings. The summed E-state index contributed by atoms with van der Waals surface area (Å²) in [6, 6.07) is 0. The van der Waals surface area contributed by atoms with Crippen LogP contribution in [-0.4, -0.2) is 25.5 Å². The van der Waals surface area contributed by atoms with Gasteiger partial charge in [0.25, 0.3) is 0 Å². The van der Waals surface area contributed by atoms with E-state index in [0.29, 0.717) is 0 Å². The molecule has 0 unspecified atom stereocenters. The molecule has 0 saturated carbocycles. The summed E-state index contributed by atoms with van der Waals surface area (Å²) in [5, 5.41) is 0. The molecule has 0 rings (SSSR count). The van der Waals surface area contributed by atoms with Crippen LogP contribution in [0.5, 0.6) is 0 Å². The first-order chi connectivity index (χ1) is 3.77. The maximum Gasteiger partial charge on any atom is 0 e. The van der Waals surface area contributed by atoms with Crippen LogP contribution in [-0.2, 0) is 32.7 Å². The molecule has 0 atom stereocenters. The Hall–Kier alpha value is 1.06. The minimum Gasteiger partial charge on any atom is -0.309 e. The van der Waals surface area contributed by atoms with Gasteiger partial charge in [-0.05, 0) is 27.1 Å². The molecular weight excluding hydrogens is 187 g/mol. The summed E-state index contributed by atoms with van der Waals surface area (Å²) < 4.78 is 0. The normalized spacial score (nSPS) is 7.33. The van der Waals surface area contributed by atoms with Gasteiger partial charge in [-0.2, -0.15) is 0 Å². The van der Waals surface area contributed by atoms with Crippen molar-refractivity contribution < 1.29 is 32.7 Å². The van der Waals surface area contributed by atoms with Gasteiger partial charge in [-0.25, -0.2) is 0 Å². The fourth-order valence-electron chi connectivity index (χ4n) is 0.447. The van der Waals surface area contributed by atoms with Crippen LogP contribution >= 0.6 is 0 Å². The van der Waals surface area contributed by atoms with E-state index in [2.05, 4.69) is 25.9 Å². The maximum atomic E-state index is 2.18. The minimum atomic E-state index is 0. The summed E-state index contributed by atoms with van der Waals surface area (Å²) in [4.78, 5) is 2.18. The van der Waals surface area contributed by atoms with E-state index in [-0.39, 0.29) is 32.7 Å². The third-order valence-corrected chi connectivity index (χ3v) is 0.671.